The summed E-state index contributed by atoms with van der Waals surface area (Å²) >= 11 is 0. The van der Waals surface area contributed by atoms with E-state index in [1.807, 2.05) is 0 Å². The largest absolute Gasteiger partial charge is 0.348 e. The van der Waals surface area contributed by atoms with Gasteiger partial charge in [-0.2, -0.15) is 0 Å². The second-order valence-electron chi connectivity index (χ2n) is 5.49. The molecule has 1 spiro atoms. The van der Waals surface area contributed by atoms with Crippen molar-refractivity contribution in [3.8, 4) is 0 Å². The second kappa shape index (κ2) is 4.65. The van der Waals surface area contributed by atoms with E-state index in [9.17, 15) is 0 Å². The molecule has 1 atom stereocenters. The number of rotatable bonds is 2. The topological polar surface area (TPSA) is 44.5 Å². The van der Waals surface area contributed by atoms with Gasteiger partial charge in [0.2, 0.25) is 0 Å². The highest BCUT2D eigenvalue weighted by atomic mass is 16.7. The summed E-state index contributed by atoms with van der Waals surface area (Å²) in [6.45, 7) is 2.09. The molecule has 1 aromatic carbocycles. The van der Waals surface area contributed by atoms with Crippen LogP contribution in [0.3, 0.4) is 0 Å². The van der Waals surface area contributed by atoms with Crippen LogP contribution in [0.2, 0.25) is 0 Å². The number of nitrogens with two attached hydrogens (primary N) is 1. The molecule has 0 aromatic heterocycles. The average Bonchev–Trinajstić information content (AvgIpc) is 2.87. The molecule has 1 heterocycles. The molecule has 3 nitrogen and oxygen atoms in total. The average molecular weight is 247 g/mol. The Morgan fingerprint density at radius 3 is 2.44 bits per heavy atom. The summed E-state index contributed by atoms with van der Waals surface area (Å²) in [5.74, 6) is -0.368. The molecular weight excluding hydrogens is 226 g/mol. The lowest BCUT2D eigenvalue weighted by molar-refractivity contribution is -0.190. The van der Waals surface area contributed by atoms with Gasteiger partial charge >= 0.3 is 0 Å². The Kier molecular flexibility index (Phi) is 3.14. The molecule has 2 fully saturated rings. The standard InChI is InChI=1S/C15H21NO2/c16-12-14(13-5-2-1-3-6-13)7-4-8-15(11-14)17-9-10-18-15/h1-3,5-6H,4,7-12,16H2/t14-/m0/s1. The Balaban J connectivity index is 1.91. The van der Waals surface area contributed by atoms with E-state index in [0.29, 0.717) is 6.54 Å². The summed E-state index contributed by atoms with van der Waals surface area (Å²) in [6, 6.07) is 10.6. The van der Waals surface area contributed by atoms with E-state index >= 15 is 0 Å². The fourth-order valence-corrected chi connectivity index (χ4v) is 3.46. The zero-order valence-electron chi connectivity index (χ0n) is 10.7. The van der Waals surface area contributed by atoms with Crippen molar-refractivity contribution < 1.29 is 9.47 Å². The molecule has 3 rings (SSSR count). The molecule has 1 saturated carbocycles. The van der Waals surface area contributed by atoms with Crippen LogP contribution in [-0.4, -0.2) is 25.5 Å². The predicted molar refractivity (Wildman–Crippen MR) is 70.3 cm³/mol. The summed E-state index contributed by atoms with van der Waals surface area (Å²) in [6.07, 6.45) is 4.14. The number of hydrogen-bond donors (Lipinski definition) is 1. The second-order valence-corrected chi connectivity index (χ2v) is 5.49. The fraction of sp³-hybridized carbons (Fsp3) is 0.600. The summed E-state index contributed by atoms with van der Waals surface area (Å²) in [7, 11) is 0. The molecule has 98 valence electrons. The number of ether oxygens (including phenoxy) is 2. The van der Waals surface area contributed by atoms with Crippen LogP contribution in [0.15, 0.2) is 30.3 Å². The van der Waals surface area contributed by atoms with Crippen LogP contribution in [0.25, 0.3) is 0 Å². The normalized spacial score (nSPS) is 30.7. The van der Waals surface area contributed by atoms with Crippen molar-refractivity contribution in [1.82, 2.24) is 0 Å². The zero-order chi connectivity index (χ0) is 12.5. The highest BCUT2D eigenvalue weighted by molar-refractivity contribution is 5.27. The van der Waals surface area contributed by atoms with Gasteiger partial charge in [-0.25, -0.2) is 0 Å². The SMILES string of the molecule is NC[C@]1(c2ccccc2)CCCC2(C1)OCCO2. The molecule has 1 aromatic rings. The third-order valence-electron chi connectivity index (χ3n) is 4.41. The van der Waals surface area contributed by atoms with E-state index in [1.54, 1.807) is 0 Å². The van der Waals surface area contributed by atoms with Gasteiger partial charge in [0.05, 0.1) is 13.2 Å². The van der Waals surface area contributed by atoms with E-state index in [-0.39, 0.29) is 11.2 Å². The molecule has 18 heavy (non-hydrogen) atoms. The van der Waals surface area contributed by atoms with Crippen LogP contribution in [0.1, 0.15) is 31.2 Å². The molecule has 0 unspecified atom stereocenters. The van der Waals surface area contributed by atoms with Gasteiger partial charge in [-0.1, -0.05) is 30.3 Å². The van der Waals surface area contributed by atoms with Gasteiger partial charge in [0.15, 0.2) is 5.79 Å². The molecule has 0 radical (unpaired) electrons. The quantitative estimate of drug-likeness (QED) is 0.871. The Morgan fingerprint density at radius 1 is 1.06 bits per heavy atom. The van der Waals surface area contributed by atoms with E-state index in [1.165, 1.54) is 5.56 Å². The zero-order valence-corrected chi connectivity index (χ0v) is 10.7. The maximum Gasteiger partial charge on any atom is 0.169 e. The van der Waals surface area contributed by atoms with Gasteiger partial charge in [-0.3, -0.25) is 0 Å². The van der Waals surface area contributed by atoms with Gasteiger partial charge in [0.25, 0.3) is 0 Å². The van der Waals surface area contributed by atoms with Crippen LogP contribution < -0.4 is 5.73 Å². The van der Waals surface area contributed by atoms with Gasteiger partial charge < -0.3 is 15.2 Å². The summed E-state index contributed by atoms with van der Waals surface area (Å²) in [4.78, 5) is 0. The molecule has 1 aliphatic heterocycles. The lowest BCUT2D eigenvalue weighted by Gasteiger charge is -2.44. The fourth-order valence-electron chi connectivity index (χ4n) is 3.46. The van der Waals surface area contributed by atoms with Crippen LogP contribution in [0.5, 0.6) is 0 Å². The van der Waals surface area contributed by atoms with Crippen LogP contribution >= 0.6 is 0 Å². The monoisotopic (exact) mass is 247 g/mol. The van der Waals surface area contributed by atoms with Crippen molar-refractivity contribution in [3.63, 3.8) is 0 Å². The first-order chi connectivity index (χ1) is 8.79. The van der Waals surface area contributed by atoms with Crippen molar-refractivity contribution in [2.75, 3.05) is 19.8 Å². The van der Waals surface area contributed by atoms with Gasteiger partial charge in [0, 0.05) is 24.8 Å². The van der Waals surface area contributed by atoms with Crippen LogP contribution in [0, 0.1) is 0 Å². The van der Waals surface area contributed by atoms with Crippen LogP contribution in [-0.2, 0) is 14.9 Å². The molecule has 2 aliphatic rings. The van der Waals surface area contributed by atoms with E-state index in [0.717, 1.165) is 38.9 Å². The van der Waals surface area contributed by atoms with Crippen molar-refractivity contribution in [3.05, 3.63) is 35.9 Å². The van der Waals surface area contributed by atoms with Crippen molar-refractivity contribution in [2.24, 2.45) is 5.73 Å². The highest BCUT2D eigenvalue weighted by Crippen LogP contribution is 2.46. The van der Waals surface area contributed by atoms with Crippen molar-refractivity contribution >= 4 is 0 Å². The third kappa shape index (κ3) is 1.96. The first-order valence-corrected chi connectivity index (χ1v) is 6.82. The smallest absolute Gasteiger partial charge is 0.169 e. The number of hydrogen-bond acceptors (Lipinski definition) is 3. The first kappa shape index (κ1) is 12.2. The molecule has 2 N–H and O–H groups in total. The highest BCUT2D eigenvalue weighted by Gasteiger charge is 2.48. The van der Waals surface area contributed by atoms with E-state index in [4.69, 9.17) is 15.2 Å². The van der Waals surface area contributed by atoms with Gasteiger partial charge in [0.1, 0.15) is 0 Å². The minimum atomic E-state index is -0.368. The van der Waals surface area contributed by atoms with E-state index < -0.39 is 0 Å². The summed E-state index contributed by atoms with van der Waals surface area (Å²) < 4.78 is 11.8. The Morgan fingerprint density at radius 2 is 1.78 bits per heavy atom. The van der Waals surface area contributed by atoms with Gasteiger partial charge in [-0.05, 0) is 18.4 Å². The predicted octanol–water partition coefficient (Wildman–Crippen LogP) is 2.20. The first-order valence-electron chi connectivity index (χ1n) is 6.82. The maximum atomic E-state index is 6.11. The third-order valence-corrected chi connectivity index (χ3v) is 4.41. The van der Waals surface area contributed by atoms with Crippen molar-refractivity contribution in [1.29, 1.82) is 0 Å². The summed E-state index contributed by atoms with van der Waals surface area (Å²) in [5.41, 5.74) is 7.45. The lowest BCUT2D eigenvalue weighted by Crippen LogP contribution is -2.48. The Hall–Kier alpha value is -0.900. The van der Waals surface area contributed by atoms with Crippen molar-refractivity contribution in [2.45, 2.75) is 36.9 Å². The summed E-state index contributed by atoms with van der Waals surface area (Å²) in [5, 5.41) is 0. The molecule has 0 bridgehead atoms. The lowest BCUT2D eigenvalue weighted by atomic mass is 9.67. The van der Waals surface area contributed by atoms with Gasteiger partial charge in [-0.15, -0.1) is 0 Å². The molecular formula is C15H21NO2. The Bertz CT molecular complexity index is 400. The molecule has 1 saturated heterocycles. The van der Waals surface area contributed by atoms with Crippen LogP contribution in [0.4, 0.5) is 0 Å². The van der Waals surface area contributed by atoms with E-state index in [2.05, 4.69) is 30.3 Å². The minimum Gasteiger partial charge on any atom is -0.348 e. The molecule has 0 amide bonds. The minimum absolute atomic E-state index is 0.0177. The molecule has 3 heteroatoms. The Labute approximate surface area is 108 Å². The number of benzene rings is 1. The molecule has 1 aliphatic carbocycles. The maximum absolute atomic E-state index is 6.11.